The average molecular weight is 362 g/mol. The van der Waals surface area contributed by atoms with Crippen LogP contribution in [0.25, 0.3) is 0 Å². The van der Waals surface area contributed by atoms with Crippen molar-refractivity contribution in [2.24, 2.45) is 5.92 Å². The molecular formula is C21H22N4O2. The van der Waals surface area contributed by atoms with Gasteiger partial charge in [0.1, 0.15) is 11.5 Å². The highest BCUT2D eigenvalue weighted by Gasteiger charge is 2.32. The lowest BCUT2D eigenvalue weighted by atomic mass is 9.94. The summed E-state index contributed by atoms with van der Waals surface area (Å²) in [6.07, 6.45) is 4.89. The smallest absolute Gasteiger partial charge is 0.226 e. The van der Waals surface area contributed by atoms with E-state index in [9.17, 15) is 4.79 Å². The van der Waals surface area contributed by atoms with Crippen LogP contribution in [0.15, 0.2) is 47.0 Å². The maximum Gasteiger partial charge on any atom is 0.226 e. The van der Waals surface area contributed by atoms with Crippen LogP contribution in [0.2, 0.25) is 0 Å². The van der Waals surface area contributed by atoms with Crippen LogP contribution in [0.1, 0.15) is 35.0 Å². The molecule has 4 heterocycles. The molecule has 5 rings (SSSR count). The molecule has 6 heteroatoms. The van der Waals surface area contributed by atoms with E-state index in [4.69, 9.17) is 4.42 Å². The van der Waals surface area contributed by atoms with Gasteiger partial charge >= 0.3 is 0 Å². The molecule has 2 aliphatic heterocycles. The number of hydrogen-bond donors (Lipinski definition) is 0. The number of nitrogens with zero attached hydrogens (tertiary/aromatic N) is 4. The Morgan fingerprint density at radius 2 is 2.07 bits per heavy atom. The van der Waals surface area contributed by atoms with Crippen LogP contribution in [0.4, 0.5) is 0 Å². The predicted molar refractivity (Wildman–Crippen MR) is 98.9 cm³/mol. The van der Waals surface area contributed by atoms with Gasteiger partial charge < -0.3 is 9.32 Å². The number of aromatic nitrogens is 3. The zero-order valence-corrected chi connectivity index (χ0v) is 15.2. The van der Waals surface area contributed by atoms with Crippen LogP contribution in [0, 0.1) is 5.92 Å². The molecule has 6 nitrogen and oxygen atoms in total. The number of hydrogen-bond acceptors (Lipinski definition) is 4. The second-order valence-electron chi connectivity index (χ2n) is 7.39. The predicted octanol–water partition coefficient (Wildman–Crippen LogP) is 2.61. The van der Waals surface area contributed by atoms with Crippen molar-refractivity contribution >= 4 is 5.91 Å². The number of carbonyl (C=O) groups is 1. The third-order valence-corrected chi connectivity index (χ3v) is 5.58. The largest absolute Gasteiger partial charge is 0.445 e. The molecule has 0 aliphatic carbocycles. The summed E-state index contributed by atoms with van der Waals surface area (Å²) in [5, 5.41) is 4.30. The topological polar surface area (TPSA) is 64.2 Å². The molecule has 1 atom stereocenters. The van der Waals surface area contributed by atoms with Crippen LogP contribution in [-0.2, 0) is 37.1 Å². The van der Waals surface area contributed by atoms with Gasteiger partial charge in [-0.2, -0.15) is 5.10 Å². The van der Waals surface area contributed by atoms with Gasteiger partial charge in [0.15, 0.2) is 5.89 Å². The monoisotopic (exact) mass is 362 g/mol. The number of benzene rings is 1. The summed E-state index contributed by atoms with van der Waals surface area (Å²) in [5.74, 6) is 1.96. The number of aryl methyl sites for hydroxylation is 1. The van der Waals surface area contributed by atoms with E-state index in [2.05, 4.69) is 22.2 Å². The second kappa shape index (κ2) is 6.68. The first kappa shape index (κ1) is 16.3. The fourth-order valence-corrected chi connectivity index (χ4v) is 4.12. The Labute approximate surface area is 157 Å². The van der Waals surface area contributed by atoms with Crippen LogP contribution < -0.4 is 0 Å². The molecule has 0 spiro atoms. The summed E-state index contributed by atoms with van der Waals surface area (Å²) in [4.78, 5) is 19.7. The molecule has 27 heavy (non-hydrogen) atoms. The van der Waals surface area contributed by atoms with Gasteiger partial charge in [0.2, 0.25) is 5.91 Å². The Hall–Kier alpha value is -2.89. The van der Waals surface area contributed by atoms with Crippen molar-refractivity contribution in [3.8, 4) is 0 Å². The van der Waals surface area contributed by atoms with Crippen molar-refractivity contribution in [2.75, 3.05) is 6.54 Å². The molecule has 1 aromatic carbocycles. The number of carbonyl (C=O) groups excluding carboxylic acids is 1. The molecule has 3 aromatic rings. The summed E-state index contributed by atoms with van der Waals surface area (Å²) in [6, 6.07) is 12.2. The lowest BCUT2D eigenvalue weighted by Gasteiger charge is -2.31. The Morgan fingerprint density at radius 3 is 2.96 bits per heavy atom. The number of amides is 1. The minimum Gasteiger partial charge on any atom is -0.445 e. The number of rotatable bonds is 3. The van der Waals surface area contributed by atoms with Crippen LogP contribution >= 0.6 is 0 Å². The minimum atomic E-state index is 0.0476. The van der Waals surface area contributed by atoms with E-state index in [0.717, 1.165) is 48.8 Å². The maximum absolute atomic E-state index is 13.0. The SMILES string of the molecule is O=C(C1CCn2nccc2C1)N1CCc2oc(Cc3ccccc3)nc2C1. The lowest BCUT2D eigenvalue weighted by Crippen LogP contribution is -2.41. The summed E-state index contributed by atoms with van der Waals surface area (Å²) in [5.41, 5.74) is 3.26. The summed E-state index contributed by atoms with van der Waals surface area (Å²) < 4.78 is 7.96. The first-order valence-corrected chi connectivity index (χ1v) is 9.57. The van der Waals surface area contributed by atoms with E-state index in [1.165, 1.54) is 5.56 Å². The molecule has 1 unspecified atom stereocenters. The van der Waals surface area contributed by atoms with Gasteiger partial charge in [-0.1, -0.05) is 30.3 Å². The Morgan fingerprint density at radius 1 is 1.19 bits per heavy atom. The van der Waals surface area contributed by atoms with Crippen molar-refractivity contribution in [3.05, 3.63) is 71.2 Å². The van der Waals surface area contributed by atoms with Gasteiger partial charge in [-0.25, -0.2) is 4.98 Å². The maximum atomic E-state index is 13.0. The van der Waals surface area contributed by atoms with Crippen molar-refractivity contribution in [1.29, 1.82) is 0 Å². The number of fused-ring (bicyclic) bond motifs is 2. The van der Waals surface area contributed by atoms with Gasteiger partial charge in [0.05, 0.1) is 6.54 Å². The zero-order chi connectivity index (χ0) is 18.2. The molecule has 0 radical (unpaired) electrons. The molecule has 0 saturated heterocycles. The fourth-order valence-electron chi connectivity index (χ4n) is 4.12. The molecule has 0 saturated carbocycles. The molecule has 1 amide bonds. The minimum absolute atomic E-state index is 0.0476. The van der Waals surface area contributed by atoms with E-state index in [0.29, 0.717) is 19.5 Å². The molecular weight excluding hydrogens is 340 g/mol. The zero-order valence-electron chi connectivity index (χ0n) is 15.2. The highest BCUT2D eigenvalue weighted by atomic mass is 16.4. The molecule has 0 fully saturated rings. The van der Waals surface area contributed by atoms with Crippen molar-refractivity contribution in [3.63, 3.8) is 0 Å². The molecule has 138 valence electrons. The van der Waals surface area contributed by atoms with Gasteiger partial charge in [-0.05, 0) is 18.1 Å². The van der Waals surface area contributed by atoms with Crippen LogP contribution in [0.5, 0.6) is 0 Å². The second-order valence-corrected chi connectivity index (χ2v) is 7.39. The van der Waals surface area contributed by atoms with E-state index in [1.54, 1.807) is 0 Å². The van der Waals surface area contributed by atoms with Crippen molar-refractivity contribution < 1.29 is 9.21 Å². The molecule has 2 aromatic heterocycles. The quantitative estimate of drug-likeness (QED) is 0.718. The summed E-state index contributed by atoms with van der Waals surface area (Å²) in [7, 11) is 0. The van der Waals surface area contributed by atoms with Gasteiger partial charge in [0.25, 0.3) is 0 Å². The average Bonchev–Trinajstić information content (AvgIpc) is 3.33. The Balaban J connectivity index is 1.28. The lowest BCUT2D eigenvalue weighted by molar-refractivity contribution is -0.137. The molecule has 2 aliphatic rings. The first-order chi connectivity index (χ1) is 13.3. The van der Waals surface area contributed by atoms with E-state index < -0.39 is 0 Å². The Bertz CT molecular complexity index is 960. The van der Waals surface area contributed by atoms with Crippen LogP contribution in [0.3, 0.4) is 0 Å². The summed E-state index contributed by atoms with van der Waals surface area (Å²) in [6.45, 7) is 2.09. The molecule has 0 N–H and O–H groups in total. The van der Waals surface area contributed by atoms with E-state index in [-0.39, 0.29) is 11.8 Å². The van der Waals surface area contributed by atoms with E-state index in [1.807, 2.05) is 40.0 Å². The van der Waals surface area contributed by atoms with E-state index >= 15 is 0 Å². The standard InChI is InChI=1S/C21H22N4O2/c26-21(16-7-11-25-17(13-16)6-9-22-25)24-10-8-19-18(14-24)23-20(27-19)12-15-4-2-1-3-5-15/h1-6,9,16H,7-8,10-14H2. The third kappa shape index (κ3) is 3.16. The molecule has 0 bridgehead atoms. The van der Waals surface area contributed by atoms with Crippen LogP contribution in [-0.4, -0.2) is 32.1 Å². The normalized spacial score (nSPS) is 18.8. The van der Waals surface area contributed by atoms with Gasteiger partial charge in [-0.15, -0.1) is 0 Å². The highest BCUT2D eigenvalue weighted by molar-refractivity contribution is 5.79. The highest BCUT2D eigenvalue weighted by Crippen LogP contribution is 2.26. The van der Waals surface area contributed by atoms with Crippen molar-refractivity contribution in [1.82, 2.24) is 19.7 Å². The van der Waals surface area contributed by atoms with Gasteiger partial charge in [0, 0.05) is 50.2 Å². The first-order valence-electron chi connectivity index (χ1n) is 9.57. The summed E-state index contributed by atoms with van der Waals surface area (Å²) >= 11 is 0. The van der Waals surface area contributed by atoms with Gasteiger partial charge in [-0.3, -0.25) is 9.48 Å². The number of oxazole rings is 1. The van der Waals surface area contributed by atoms with Crippen molar-refractivity contribution in [2.45, 2.75) is 38.8 Å². The fraction of sp³-hybridized carbons (Fsp3) is 0.381. The Kier molecular flexibility index (Phi) is 4.03. The third-order valence-electron chi connectivity index (χ3n) is 5.58.